The molecule has 0 radical (unpaired) electrons. The normalized spacial score (nSPS) is 16.1. The Kier molecular flexibility index (Phi) is 4.51. The van der Waals surface area contributed by atoms with Crippen molar-refractivity contribution < 1.29 is 8.42 Å². The van der Waals surface area contributed by atoms with Gasteiger partial charge in [0, 0.05) is 18.6 Å². The fourth-order valence-corrected chi connectivity index (χ4v) is 3.94. The summed E-state index contributed by atoms with van der Waals surface area (Å²) in [5.74, 6) is 0. The molecule has 1 aromatic rings. The average Bonchev–Trinajstić information content (AvgIpc) is 3.04. The fraction of sp³-hybridized carbons (Fsp3) is 0.769. The molecule has 0 saturated heterocycles. The van der Waals surface area contributed by atoms with Gasteiger partial charge in [0.25, 0.3) is 0 Å². The third kappa shape index (κ3) is 3.59. The maximum Gasteiger partial charge on any atom is 0.244 e. The van der Waals surface area contributed by atoms with Crippen LogP contribution in [0.2, 0.25) is 0 Å². The number of aromatic nitrogens is 2. The number of aryl methyl sites for hydroxylation is 1. The van der Waals surface area contributed by atoms with E-state index in [-0.39, 0.29) is 6.04 Å². The second-order valence-corrected chi connectivity index (χ2v) is 7.38. The highest BCUT2D eigenvalue weighted by Crippen LogP contribution is 2.25. The van der Waals surface area contributed by atoms with Gasteiger partial charge in [-0.05, 0) is 26.7 Å². The number of rotatable bonds is 7. The zero-order valence-corrected chi connectivity index (χ0v) is 13.4. The zero-order valence-electron chi connectivity index (χ0n) is 12.6. The second-order valence-electron chi connectivity index (χ2n) is 5.73. The molecular weight excluding hydrogens is 276 g/mol. The summed E-state index contributed by atoms with van der Waals surface area (Å²) in [5.41, 5.74) is 1.28. The van der Waals surface area contributed by atoms with E-state index < -0.39 is 10.0 Å². The van der Waals surface area contributed by atoms with Crippen LogP contribution in [0.25, 0.3) is 0 Å². The number of hydrogen-bond donors (Lipinski definition) is 2. The summed E-state index contributed by atoms with van der Waals surface area (Å²) in [4.78, 5) is 0.342. The third-order valence-corrected chi connectivity index (χ3v) is 5.13. The zero-order chi connectivity index (χ0) is 14.9. The van der Waals surface area contributed by atoms with E-state index in [1.54, 1.807) is 11.6 Å². The lowest BCUT2D eigenvalue weighted by molar-refractivity contribution is 0.506. The van der Waals surface area contributed by atoms with Gasteiger partial charge in [-0.25, -0.2) is 13.1 Å². The predicted molar refractivity (Wildman–Crippen MR) is 78.2 cm³/mol. The van der Waals surface area contributed by atoms with Gasteiger partial charge < -0.3 is 5.32 Å². The van der Waals surface area contributed by atoms with Crippen LogP contribution >= 0.6 is 0 Å². The molecule has 0 bridgehead atoms. The lowest BCUT2D eigenvalue weighted by Gasteiger charge is -2.10. The Bertz CT molecular complexity index is 573. The van der Waals surface area contributed by atoms with E-state index >= 15 is 0 Å². The van der Waals surface area contributed by atoms with Crippen molar-refractivity contribution in [3.63, 3.8) is 0 Å². The SMILES string of the molecule is Cc1nn(CCNC(C)C)c(C)c1S(=O)(=O)NC1CC1. The fourth-order valence-electron chi connectivity index (χ4n) is 2.23. The van der Waals surface area contributed by atoms with Gasteiger partial charge in [-0.1, -0.05) is 13.8 Å². The van der Waals surface area contributed by atoms with E-state index in [1.807, 2.05) is 6.92 Å². The standard InChI is InChI=1S/C13H24N4O2S/c1-9(2)14-7-8-17-11(4)13(10(3)15-17)20(18,19)16-12-5-6-12/h9,12,14,16H,5-8H2,1-4H3. The number of nitrogens with one attached hydrogen (secondary N) is 2. The van der Waals surface area contributed by atoms with Crippen LogP contribution < -0.4 is 10.0 Å². The van der Waals surface area contributed by atoms with E-state index in [4.69, 9.17) is 0 Å². The Morgan fingerprint density at radius 1 is 1.35 bits per heavy atom. The van der Waals surface area contributed by atoms with Crippen LogP contribution in [-0.2, 0) is 16.6 Å². The van der Waals surface area contributed by atoms with Crippen LogP contribution in [-0.4, -0.2) is 36.8 Å². The Balaban J connectivity index is 2.15. The van der Waals surface area contributed by atoms with E-state index in [0.717, 1.165) is 19.4 Å². The first-order valence-corrected chi connectivity index (χ1v) is 8.59. The van der Waals surface area contributed by atoms with Gasteiger partial charge in [-0.3, -0.25) is 4.68 Å². The summed E-state index contributed by atoms with van der Waals surface area (Å²) in [6.45, 7) is 9.17. The van der Waals surface area contributed by atoms with E-state index in [0.29, 0.717) is 28.9 Å². The summed E-state index contributed by atoms with van der Waals surface area (Å²) in [7, 11) is -3.43. The Morgan fingerprint density at radius 3 is 2.55 bits per heavy atom. The summed E-state index contributed by atoms with van der Waals surface area (Å²) in [5, 5.41) is 7.66. The molecule has 1 aliphatic rings. The molecule has 0 amide bonds. The minimum Gasteiger partial charge on any atom is -0.313 e. The van der Waals surface area contributed by atoms with Gasteiger partial charge in [-0.2, -0.15) is 5.10 Å². The van der Waals surface area contributed by atoms with Crippen LogP contribution in [0, 0.1) is 13.8 Å². The predicted octanol–water partition coefficient (Wildman–Crippen LogP) is 0.939. The minimum atomic E-state index is -3.43. The molecule has 7 heteroatoms. The number of sulfonamides is 1. The molecular formula is C13H24N4O2S. The van der Waals surface area contributed by atoms with Gasteiger partial charge in [0.05, 0.1) is 17.9 Å². The van der Waals surface area contributed by atoms with Crippen molar-refractivity contribution in [3.8, 4) is 0 Å². The second kappa shape index (κ2) is 5.83. The van der Waals surface area contributed by atoms with Crippen LogP contribution in [0.3, 0.4) is 0 Å². The highest BCUT2D eigenvalue weighted by atomic mass is 32.2. The van der Waals surface area contributed by atoms with Crippen LogP contribution in [0.15, 0.2) is 4.90 Å². The topological polar surface area (TPSA) is 76.0 Å². The lowest BCUT2D eigenvalue weighted by atomic mass is 10.4. The van der Waals surface area contributed by atoms with Crippen LogP contribution in [0.5, 0.6) is 0 Å². The molecule has 1 aromatic heterocycles. The Labute approximate surface area is 121 Å². The molecule has 1 aliphatic carbocycles. The van der Waals surface area contributed by atoms with Gasteiger partial charge in [0.1, 0.15) is 4.90 Å². The maximum atomic E-state index is 12.3. The molecule has 0 aliphatic heterocycles. The first-order valence-electron chi connectivity index (χ1n) is 7.11. The Morgan fingerprint density at radius 2 is 2.00 bits per heavy atom. The van der Waals surface area contributed by atoms with Crippen molar-refractivity contribution in [2.24, 2.45) is 0 Å². The molecule has 20 heavy (non-hydrogen) atoms. The molecule has 6 nitrogen and oxygen atoms in total. The highest BCUT2D eigenvalue weighted by Gasteiger charge is 2.31. The molecule has 0 atom stereocenters. The molecule has 2 N–H and O–H groups in total. The van der Waals surface area contributed by atoms with Gasteiger partial charge in [0.15, 0.2) is 0 Å². The van der Waals surface area contributed by atoms with E-state index in [9.17, 15) is 8.42 Å². The molecule has 1 heterocycles. The lowest BCUT2D eigenvalue weighted by Crippen LogP contribution is -2.28. The molecule has 0 unspecified atom stereocenters. The highest BCUT2D eigenvalue weighted by molar-refractivity contribution is 7.89. The van der Waals surface area contributed by atoms with Gasteiger partial charge in [-0.15, -0.1) is 0 Å². The van der Waals surface area contributed by atoms with Gasteiger partial charge >= 0.3 is 0 Å². The summed E-state index contributed by atoms with van der Waals surface area (Å²) >= 11 is 0. The molecule has 0 spiro atoms. The largest absolute Gasteiger partial charge is 0.313 e. The first kappa shape index (κ1) is 15.5. The third-order valence-electron chi connectivity index (χ3n) is 3.36. The van der Waals surface area contributed by atoms with E-state index in [1.165, 1.54) is 0 Å². The molecule has 2 rings (SSSR count). The van der Waals surface area contributed by atoms with Gasteiger partial charge in [0.2, 0.25) is 10.0 Å². The summed E-state index contributed by atoms with van der Waals surface area (Å²) in [6, 6.07) is 0.524. The van der Waals surface area contributed by atoms with Crippen molar-refractivity contribution >= 4 is 10.0 Å². The molecule has 1 fully saturated rings. The quantitative estimate of drug-likeness (QED) is 0.786. The number of hydrogen-bond acceptors (Lipinski definition) is 4. The van der Waals surface area contributed by atoms with Crippen molar-refractivity contribution in [2.75, 3.05) is 6.54 Å². The van der Waals surface area contributed by atoms with Crippen molar-refractivity contribution in [1.29, 1.82) is 0 Å². The van der Waals surface area contributed by atoms with Crippen LogP contribution in [0.1, 0.15) is 38.1 Å². The minimum absolute atomic E-state index is 0.116. The summed E-state index contributed by atoms with van der Waals surface area (Å²) in [6.07, 6.45) is 1.87. The maximum absolute atomic E-state index is 12.3. The van der Waals surface area contributed by atoms with Crippen molar-refractivity contribution in [2.45, 2.75) is 64.1 Å². The van der Waals surface area contributed by atoms with Crippen molar-refractivity contribution in [3.05, 3.63) is 11.4 Å². The smallest absolute Gasteiger partial charge is 0.244 e. The Hall–Kier alpha value is -0.920. The molecule has 1 saturated carbocycles. The monoisotopic (exact) mass is 300 g/mol. The van der Waals surface area contributed by atoms with Crippen molar-refractivity contribution in [1.82, 2.24) is 19.8 Å². The average molecular weight is 300 g/mol. The first-order chi connectivity index (χ1) is 9.31. The van der Waals surface area contributed by atoms with E-state index in [2.05, 4.69) is 29.0 Å². The number of nitrogens with zero attached hydrogens (tertiary/aromatic N) is 2. The molecule has 0 aromatic carbocycles. The van der Waals surface area contributed by atoms with Crippen LogP contribution in [0.4, 0.5) is 0 Å². The molecule has 114 valence electrons. The summed E-state index contributed by atoms with van der Waals surface area (Å²) < 4.78 is 29.2.